The lowest BCUT2D eigenvalue weighted by Gasteiger charge is -2.19. The van der Waals surface area contributed by atoms with E-state index in [1.165, 1.54) is 0 Å². The molecule has 0 unspecified atom stereocenters. The molecule has 2 aromatic carbocycles. The fraction of sp³-hybridized carbons (Fsp3) is 0.222. The van der Waals surface area contributed by atoms with Crippen molar-refractivity contribution in [2.45, 2.75) is 26.4 Å². The summed E-state index contributed by atoms with van der Waals surface area (Å²) in [5, 5.41) is 2.65. The lowest BCUT2D eigenvalue weighted by Crippen LogP contribution is -2.27. The first kappa shape index (κ1) is 17.3. The molecule has 0 heterocycles. The minimum atomic E-state index is -0.544. The molecule has 6 heteroatoms. The summed E-state index contributed by atoms with van der Waals surface area (Å²) in [7, 11) is 0. The number of benzene rings is 2. The molecule has 0 aliphatic heterocycles. The highest BCUT2D eigenvalue weighted by Crippen LogP contribution is 2.18. The number of nitrogens with zero attached hydrogens (tertiary/aromatic N) is 1. The van der Waals surface area contributed by atoms with Gasteiger partial charge in [-0.15, -0.1) is 0 Å². The van der Waals surface area contributed by atoms with Gasteiger partial charge in [0.2, 0.25) is 0 Å². The van der Waals surface area contributed by atoms with E-state index in [-0.39, 0.29) is 6.02 Å². The smallest absolute Gasteiger partial charge is 0.412 e. The van der Waals surface area contributed by atoms with Gasteiger partial charge in [0.05, 0.1) is 5.69 Å². The minimum Gasteiger partial charge on any atom is -0.444 e. The van der Waals surface area contributed by atoms with Crippen molar-refractivity contribution in [3.63, 3.8) is 0 Å². The third-order valence-electron chi connectivity index (χ3n) is 2.72. The number of hydrogen-bond acceptors (Lipinski definition) is 4. The van der Waals surface area contributed by atoms with E-state index < -0.39 is 11.7 Å². The summed E-state index contributed by atoms with van der Waals surface area (Å²) in [6.45, 7) is 5.42. The summed E-state index contributed by atoms with van der Waals surface area (Å²) in [6, 6.07) is 16.0. The molecule has 0 atom stereocenters. The molecular formula is C18H21N3O3. The molecule has 0 aromatic heterocycles. The predicted molar refractivity (Wildman–Crippen MR) is 94.7 cm³/mol. The number of amides is 1. The van der Waals surface area contributed by atoms with E-state index in [0.29, 0.717) is 17.1 Å². The third kappa shape index (κ3) is 6.00. The Hall–Kier alpha value is -3.02. The highest BCUT2D eigenvalue weighted by Gasteiger charge is 2.16. The topological polar surface area (TPSA) is 85.9 Å². The maximum absolute atomic E-state index is 11.7. The first-order valence-corrected chi connectivity index (χ1v) is 7.49. The highest BCUT2D eigenvalue weighted by molar-refractivity contribution is 5.85. The SMILES string of the molecule is CC(C)(C)OC(=O)Nc1ccc(N=C(N)Oc2ccccc2)cc1. The lowest BCUT2D eigenvalue weighted by atomic mass is 10.2. The number of rotatable bonds is 3. The van der Waals surface area contributed by atoms with Crippen LogP contribution in [0.15, 0.2) is 59.6 Å². The van der Waals surface area contributed by atoms with Crippen molar-refractivity contribution < 1.29 is 14.3 Å². The molecule has 0 aliphatic rings. The molecular weight excluding hydrogens is 306 g/mol. The van der Waals surface area contributed by atoms with Gasteiger partial charge in [-0.2, -0.15) is 4.99 Å². The zero-order chi connectivity index (χ0) is 17.6. The Balaban J connectivity index is 1.96. The van der Waals surface area contributed by atoms with Crippen LogP contribution in [0.5, 0.6) is 5.75 Å². The van der Waals surface area contributed by atoms with Gasteiger partial charge < -0.3 is 15.2 Å². The van der Waals surface area contributed by atoms with Crippen molar-refractivity contribution in [1.29, 1.82) is 0 Å². The van der Waals surface area contributed by atoms with Crippen LogP contribution in [0.3, 0.4) is 0 Å². The summed E-state index contributed by atoms with van der Waals surface area (Å²) in [4.78, 5) is 15.9. The Bertz CT molecular complexity index is 705. The molecule has 3 N–H and O–H groups in total. The predicted octanol–water partition coefficient (Wildman–Crippen LogP) is 4.06. The third-order valence-corrected chi connectivity index (χ3v) is 2.72. The van der Waals surface area contributed by atoms with Crippen molar-refractivity contribution in [2.75, 3.05) is 5.32 Å². The van der Waals surface area contributed by atoms with Gasteiger partial charge in [0.25, 0.3) is 6.02 Å². The first-order valence-electron chi connectivity index (χ1n) is 7.49. The van der Waals surface area contributed by atoms with Gasteiger partial charge in [0.1, 0.15) is 11.4 Å². The maximum atomic E-state index is 11.7. The van der Waals surface area contributed by atoms with Crippen LogP contribution in [-0.2, 0) is 4.74 Å². The van der Waals surface area contributed by atoms with Crippen LogP contribution in [0.4, 0.5) is 16.2 Å². The van der Waals surface area contributed by atoms with Crippen LogP contribution in [0.2, 0.25) is 0 Å². The van der Waals surface area contributed by atoms with Crippen molar-refractivity contribution in [3.8, 4) is 5.75 Å². The normalized spacial score (nSPS) is 11.7. The van der Waals surface area contributed by atoms with Crippen LogP contribution in [0, 0.1) is 0 Å². The summed E-state index contributed by atoms with van der Waals surface area (Å²) >= 11 is 0. The van der Waals surface area contributed by atoms with Gasteiger partial charge in [-0.1, -0.05) is 18.2 Å². The van der Waals surface area contributed by atoms with Gasteiger partial charge in [-0.05, 0) is 57.2 Å². The standard InChI is InChI=1S/C18H21N3O3/c1-18(2,3)24-17(22)21-14-11-9-13(10-12-14)20-16(19)23-15-7-5-4-6-8-15/h4-12H,1-3H3,(H2,19,20)(H,21,22). The molecule has 1 amide bonds. The summed E-state index contributed by atoms with van der Waals surface area (Å²) in [5.41, 5.74) is 6.43. The van der Waals surface area contributed by atoms with Crippen LogP contribution in [0.1, 0.15) is 20.8 Å². The summed E-state index contributed by atoms with van der Waals surface area (Å²) in [5.74, 6) is 0.613. The first-order chi connectivity index (χ1) is 11.3. The Morgan fingerprint density at radius 3 is 2.25 bits per heavy atom. The van der Waals surface area contributed by atoms with Crippen molar-refractivity contribution >= 4 is 23.5 Å². The molecule has 0 aliphatic carbocycles. The number of ether oxygens (including phenoxy) is 2. The average molecular weight is 327 g/mol. The number of anilines is 1. The second-order valence-electron chi connectivity index (χ2n) is 6.04. The van der Waals surface area contributed by atoms with Gasteiger partial charge >= 0.3 is 6.09 Å². The second-order valence-corrected chi connectivity index (χ2v) is 6.04. The summed E-state index contributed by atoms with van der Waals surface area (Å²) in [6.07, 6.45) is -0.509. The van der Waals surface area contributed by atoms with Gasteiger partial charge in [0, 0.05) is 5.69 Å². The Morgan fingerprint density at radius 1 is 1.04 bits per heavy atom. The highest BCUT2D eigenvalue weighted by atomic mass is 16.6. The summed E-state index contributed by atoms with van der Waals surface area (Å²) < 4.78 is 10.6. The molecule has 24 heavy (non-hydrogen) atoms. The number of nitrogens with one attached hydrogen (secondary N) is 1. The quantitative estimate of drug-likeness (QED) is 0.657. The molecule has 2 rings (SSSR count). The minimum absolute atomic E-state index is 0.0362. The van der Waals surface area contributed by atoms with Crippen molar-refractivity contribution in [1.82, 2.24) is 0 Å². The van der Waals surface area contributed by atoms with Gasteiger partial charge in [-0.3, -0.25) is 5.32 Å². The Kier molecular flexibility index (Phi) is 5.42. The van der Waals surface area contributed by atoms with Crippen molar-refractivity contribution in [3.05, 3.63) is 54.6 Å². The molecule has 0 radical (unpaired) electrons. The zero-order valence-corrected chi connectivity index (χ0v) is 13.9. The van der Waals surface area contributed by atoms with E-state index in [4.69, 9.17) is 15.2 Å². The zero-order valence-electron chi connectivity index (χ0n) is 13.9. The molecule has 0 bridgehead atoms. The Labute approximate surface area is 141 Å². The fourth-order valence-electron chi connectivity index (χ4n) is 1.80. The molecule has 0 saturated heterocycles. The molecule has 0 saturated carbocycles. The van der Waals surface area contributed by atoms with Gasteiger partial charge in [-0.25, -0.2) is 4.79 Å². The number of amidine groups is 1. The second kappa shape index (κ2) is 7.50. The molecule has 2 aromatic rings. The number of para-hydroxylation sites is 1. The van der Waals surface area contributed by atoms with E-state index in [1.54, 1.807) is 57.2 Å². The monoisotopic (exact) mass is 327 g/mol. The van der Waals surface area contributed by atoms with E-state index in [2.05, 4.69) is 10.3 Å². The van der Waals surface area contributed by atoms with Gasteiger partial charge in [0.15, 0.2) is 0 Å². The molecule has 126 valence electrons. The van der Waals surface area contributed by atoms with Crippen LogP contribution < -0.4 is 15.8 Å². The van der Waals surface area contributed by atoms with E-state index >= 15 is 0 Å². The van der Waals surface area contributed by atoms with E-state index in [9.17, 15) is 4.79 Å². The number of carbonyl (C=O) groups is 1. The molecule has 6 nitrogen and oxygen atoms in total. The average Bonchev–Trinajstić information content (AvgIpc) is 2.48. The number of carbonyl (C=O) groups excluding carboxylic acids is 1. The van der Waals surface area contributed by atoms with E-state index in [0.717, 1.165) is 0 Å². The molecule has 0 fully saturated rings. The fourth-order valence-corrected chi connectivity index (χ4v) is 1.80. The maximum Gasteiger partial charge on any atom is 0.412 e. The number of nitrogens with two attached hydrogens (primary N) is 1. The van der Waals surface area contributed by atoms with Crippen LogP contribution >= 0.6 is 0 Å². The Morgan fingerprint density at radius 2 is 1.67 bits per heavy atom. The number of hydrogen-bond donors (Lipinski definition) is 2. The van der Waals surface area contributed by atoms with E-state index in [1.807, 2.05) is 18.2 Å². The van der Waals surface area contributed by atoms with Crippen LogP contribution in [0.25, 0.3) is 0 Å². The van der Waals surface area contributed by atoms with Crippen molar-refractivity contribution in [2.24, 2.45) is 10.7 Å². The van der Waals surface area contributed by atoms with Crippen LogP contribution in [-0.4, -0.2) is 17.7 Å². The lowest BCUT2D eigenvalue weighted by molar-refractivity contribution is 0.0636. The number of aliphatic imine (C=N–C) groups is 1. The largest absolute Gasteiger partial charge is 0.444 e. The molecule has 0 spiro atoms.